The zero-order chi connectivity index (χ0) is 15.3. The predicted octanol–water partition coefficient (Wildman–Crippen LogP) is 3.64. The van der Waals surface area contributed by atoms with Crippen LogP contribution < -0.4 is 0 Å². The summed E-state index contributed by atoms with van der Waals surface area (Å²) < 4.78 is 4.80. The van der Waals surface area contributed by atoms with Crippen LogP contribution in [0.3, 0.4) is 0 Å². The van der Waals surface area contributed by atoms with Crippen LogP contribution in [0.2, 0.25) is 0 Å². The molecule has 1 heterocycles. The Morgan fingerprint density at radius 3 is 2.67 bits per heavy atom. The van der Waals surface area contributed by atoms with Gasteiger partial charge in [0, 0.05) is 17.1 Å². The van der Waals surface area contributed by atoms with Gasteiger partial charge in [-0.15, -0.1) is 10.2 Å². The van der Waals surface area contributed by atoms with E-state index in [1.54, 1.807) is 23.1 Å². The van der Waals surface area contributed by atoms with Gasteiger partial charge in [0.1, 0.15) is 10.0 Å². The first-order valence-electron chi connectivity index (χ1n) is 6.57. The van der Waals surface area contributed by atoms with Gasteiger partial charge in [0.25, 0.3) is 0 Å². The molecule has 0 unspecified atom stereocenters. The highest BCUT2D eigenvalue weighted by Crippen LogP contribution is 2.29. The minimum Gasteiger partial charge on any atom is -0.469 e. The average molecular weight is 322 g/mol. The van der Waals surface area contributed by atoms with E-state index in [9.17, 15) is 4.79 Å². The standard InChI is InChI=1S/C15H18N2O2S2/c1-15(2,14(18)19-3)10-20-9-12-16-17-13(21-12)11-7-5-4-6-8-11/h4-8H,9-10H2,1-3H3. The van der Waals surface area contributed by atoms with E-state index < -0.39 is 5.41 Å². The molecule has 6 heteroatoms. The monoisotopic (exact) mass is 322 g/mol. The number of thioether (sulfide) groups is 1. The number of methoxy groups -OCH3 is 1. The fraction of sp³-hybridized carbons (Fsp3) is 0.400. The van der Waals surface area contributed by atoms with E-state index in [0.717, 1.165) is 21.3 Å². The molecule has 21 heavy (non-hydrogen) atoms. The van der Waals surface area contributed by atoms with E-state index >= 15 is 0 Å². The van der Waals surface area contributed by atoms with E-state index in [-0.39, 0.29) is 5.97 Å². The molecule has 4 nitrogen and oxygen atoms in total. The van der Waals surface area contributed by atoms with Gasteiger partial charge in [-0.3, -0.25) is 4.79 Å². The molecule has 0 fully saturated rings. The Balaban J connectivity index is 1.91. The van der Waals surface area contributed by atoms with Crippen molar-refractivity contribution in [3.63, 3.8) is 0 Å². The van der Waals surface area contributed by atoms with Crippen molar-refractivity contribution in [3.05, 3.63) is 35.3 Å². The van der Waals surface area contributed by atoms with Crippen LogP contribution in [0.5, 0.6) is 0 Å². The molecular formula is C15H18N2O2S2. The zero-order valence-corrected chi connectivity index (χ0v) is 14.0. The lowest BCUT2D eigenvalue weighted by molar-refractivity contribution is -0.149. The highest BCUT2D eigenvalue weighted by Gasteiger charge is 2.28. The Bertz CT molecular complexity index is 597. The summed E-state index contributed by atoms with van der Waals surface area (Å²) >= 11 is 3.26. The Kier molecular flexibility index (Phi) is 5.36. The number of carbonyl (C=O) groups is 1. The molecule has 0 saturated carbocycles. The van der Waals surface area contributed by atoms with Crippen molar-refractivity contribution in [3.8, 4) is 10.6 Å². The van der Waals surface area contributed by atoms with Crippen molar-refractivity contribution in [2.75, 3.05) is 12.9 Å². The molecular weight excluding hydrogens is 304 g/mol. The second-order valence-electron chi connectivity index (χ2n) is 5.24. The van der Waals surface area contributed by atoms with Crippen LogP contribution in [0.4, 0.5) is 0 Å². The molecule has 0 aliphatic rings. The number of nitrogens with zero attached hydrogens (tertiary/aromatic N) is 2. The first-order chi connectivity index (χ1) is 10.0. The number of hydrogen-bond donors (Lipinski definition) is 0. The average Bonchev–Trinajstić information content (AvgIpc) is 2.96. The maximum Gasteiger partial charge on any atom is 0.312 e. The minimum absolute atomic E-state index is 0.183. The third-order valence-corrected chi connectivity index (χ3v) is 5.47. The largest absolute Gasteiger partial charge is 0.469 e. The summed E-state index contributed by atoms with van der Waals surface area (Å²) in [6.07, 6.45) is 0. The summed E-state index contributed by atoms with van der Waals surface area (Å²) in [7, 11) is 1.42. The third-order valence-electron chi connectivity index (χ3n) is 2.91. The van der Waals surface area contributed by atoms with Crippen molar-refractivity contribution in [2.45, 2.75) is 19.6 Å². The SMILES string of the molecule is COC(=O)C(C)(C)CSCc1nnc(-c2ccccc2)s1. The van der Waals surface area contributed by atoms with Crippen molar-refractivity contribution >= 4 is 29.1 Å². The lowest BCUT2D eigenvalue weighted by atomic mass is 9.97. The second-order valence-corrected chi connectivity index (χ2v) is 7.28. The number of rotatable bonds is 6. The molecule has 0 spiro atoms. The van der Waals surface area contributed by atoms with Crippen LogP contribution in [0, 0.1) is 5.41 Å². The van der Waals surface area contributed by atoms with Gasteiger partial charge in [-0.25, -0.2) is 0 Å². The van der Waals surface area contributed by atoms with Gasteiger partial charge in [-0.1, -0.05) is 41.7 Å². The van der Waals surface area contributed by atoms with Crippen molar-refractivity contribution < 1.29 is 9.53 Å². The fourth-order valence-electron chi connectivity index (χ4n) is 1.74. The smallest absolute Gasteiger partial charge is 0.312 e. The number of ether oxygens (including phenoxy) is 1. The molecule has 0 saturated heterocycles. The Labute approximate surface area is 132 Å². The van der Waals surface area contributed by atoms with E-state index in [0.29, 0.717) is 5.75 Å². The highest BCUT2D eigenvalue weighted by atomic mass is 32.2. The summed E-state index contributed by atoms with van der Waals surface area (Å²) in [5, 5.41) is 10.3. The number of esters is 1. The quantitative estimate of drug-likeness (QED) is 0.760. The van der Waals surface area contributed by atoms with Crippen molar-refractivity contribution in [2.24, 2.45) is 5.41 Å². The van der Waals surface area contributed by atoms with E-state index in [4.69, 9.17) is 4.74 Å². The van der Waals surface area contributed by atoms with Crippen molar-refractivity contribution in [1.82, 2.24) is 10.2 Å². The molecule has 0 radical (unpaired) electrons. The van der Waals surface area contributed by atoms with Crippen LogP contribution in [0.1, 0.15) is 18.9 Å². The highest BCUT2D eigenvalue weighted by molar-refractivity contribution is 7.98. The van der Waals surface area contributed by atoms with Crippen LogP contribution in [0.25, 0.3) is 10.6 Å². The van der Waals surface area contributed by atoms with Crippen LogP contribution in [-0.4, -0.2) is 29.0 Å². The molecule has 0 atom stereocenters. The van der Waals surface area contributed by atoms with Gasteiger partial charge in [-0.2, -0.15) is 11.8 Å². The third kappa shape index (κ3) is 4.28. The molecule has 1 aromatic heterocycles. The van der Waals surface area contributed by atoms with E-state index in [1.807, 2.05) is 44.2 Å². The van der Waals surface area contributed by atoms with Crippen LogP contribution >= 0.6 is 23.1 Å². The number of hydrogen-bond acceptors (Lipinski definition) is 6. The summed E-state index contributed by atoms with van der Waals surface area (Å²) in [6.45, 7) is 3.78. The summed E-state index contributed by atoms with van der Waals surface area (Å²) in [6, 6.07) is 10.0. The van der Waals surface area contributed by atoms with Gasteiger partial charge in [-0.05, 0) is 13.8 Å². The molecule has 112 valence electrons. The molecule has 1 aromatic carbocycles. The first-order valence-corrected chi connectivity index (χ1v) is 8.54. The molecule has 0 aliphatic carbocycles. The minimum atomic E-state index is -0.480. The van der Waals surface area contributed by atoms with E-state index in [2.05, 4.69) is 10.2 Å². The number of aromatic nitrogens is 2. The zero-order valence-electron chi connectivity index (χ0n) is 12.3. The normalized spacial score (nSPS) is 11.4. The predicted molar refractivity (Wildman–Crippen MR) is 87.3 cm³/mol. The Hall–Kier alpha value is -1.40. The maximum absolute atomic E-state index is 11.6. The summed E-state index contributed by atoms with van der Waals surface area (Å²) in [4.78, 5) is 11.6. The number of benzene rings is 1. The lowest BCUT2D eigenvalue weighted by Gasteiger charge is -2.20. The second kappa shape index (κ2) is 7.04. The maximum atomic E-state index is 11.6. The van der Waals surface area contributed by atoms with Gasteiger partial charge in [0.05, 0.1) is 12.5 Å². The fourth-order valence-corrected chi connectivity index (χ4v) is 3.83. The summed E-state index contributed by atoms with van der Waals surface area (Å²) in [5.41, 5.74) is 0.605. The van der Waals surface area contributed by atoms with Crippen molar-refractivity contribution in [1.29, 1.82) is 0 Å². The van der Waals surface area contributed by atoms with Gasteiger partial charge in [0.15, 0.2) is 0 Å². The lowest BCUT2D eigenvalue weighted by Crippen LogP contribution is -2.28. The van der Waals surface area contributed by atoms with Crippen LogP contribution in [0.15, 0.2) is 30.3 Å². The van der Waals surface area contributed by atoms with Gasteiger partial charge in [0.2, 0.25) is 0 Å². The Morgan fingerprint density at radius 1 is 1.29 bits per heavy atom. The molecule has 0 aliphatic heterocycles. The molecule has 0 N–H and O–H groups in total. The van der Waals surface area contributed by atoms with Gasteiger partial charge < -0.3 is 4.74 Å². The number of carbonyl (C=O) groups excluding carboxylic acids is 1. The van der Waals surface area contributed by atoms with E-state index in [1.165, 1.54) is 7.11 Å². The van der Waals surface area contributed by atoms with Crippen LogP contribution in [-0.2, 0) is 15.3 Å². The van der Waals surface area contributed by atoms with Gasteiger partial charge >= 0.3 is 5.97 Å². The summed E-state index contributed by atoms with van der Waals surface area (Å²) in [5.74, 6) is 1.27. The molecule has 0 bridgehead atoms. The molecule has 2 rings (SSSR count). The first kappa shape index (κ1) is 16.0. The molecule has 0 amide bonds. The topological polar surface area (TPSA) is 52.1 Å². The molecule has 2 aromatic rings. The Morgan fingerprint density at radius 2 is 2.00 bits per heavy atom.